The lowest BCUT2D eigenvalue weighted by atomic mass is 9.90. The summed E-state index contributed by atoms with van der Waals surface area (Å²) in [4.78, 5) is 0. The van der Waals surface area contributed by atoms with Gasteiger partial charge in [-0.3, -0.25) is 0 Å². The summed E-state index contributed by atoms with van der Waals surface area (Å²) in [6.45, 7) is 6.01. The predicted octanol–water partition coefficient (Wildman–Crippen LogP) is 10.5. The molecule has 0 saturated heterocycles. The molecule has 0 fully saturated rings. The molecule has 0 spiro atoms. The van der Waals surface area contributed by atoms with Crippen molar-refractivity contribution < 1.29 is 13.2 Å². The summed E-state index contributed by atoms with van der Waals surface area (Å²) in [5.41, 5.74) is 6.21. The summed E-state index contributed by atoms with van der Waals surface area (Å²) >= 11 is 1.83. The minimum absolute atomic E-state index is 0.621. The lowest BCUT2D eigenvalue weighted by Gasteiger charge is -2.15. The van der Waals surface area contributed by atoms with Crippen molar-refractivity contribution in [1.82, 2.24) is 0 Å². The third-order valence-corrected chi connectivity index (χ3v) is 8.46. The van der Waals surface area contributed by atoms with E-state index in [-0.39, 0.29) is 0 Å². The Balaban J connectivity index is 1.48. The monoisotopic (exact) mass is 496 g/mol. The van der Waals surface area contributed by atoms with Crippen molar-refractivity contribution in [2.24, 2.45) is 0 Å². The normalized spacial score (nSPS) is 12.2. The van der Waals surface area contributed by atoms with E-state index in [4.69, 9.17) is 0 Å². The van der Waals surface area contributed by atoms with E-state index in [1.54, 1.807) is 6.07 Å². The quantitative estimate of drug-likeness (QED) is 0.224. The number of alkyl halides is 3. The van der Waals surface area contributed by atoms with Gasteiger partial charge in [-0.15, -0.1) is 11.3 Å². The van der Waals surface area contributed by atoms with Crippen molar-refractivity contribution in [2.45, 2.75) is 26.9 Å². The highest BCUT2D eigenvalue weighted by Gasteiger charge is 2.31. The number of rotatable bonds is 2. The minimum Gasteiger partial charge on any atom is -0.166 e. The fourth-order valence-electron chi connectivity index (χ4n) is 5.21. The Kier molecular flexibility index (Phi) is 5.20. The third-order valence-electron chi connectivity index (χ3n) is 7.14. The molecule has 0 saturated carbocycles. The maximum absolute atomic E-state index is 13.4. The molecule has 5 aromatic carbocycles. The number of thiophene rings is 1. The van der Waals surface area contributed by atoms with Crippen molar-refractivity contribution in [3.05, 3.63) is 107 Å². The number of benzene rings is 5. The lowest BCUT2D eigenvalue weighted by molar-refractivity contribution is -0.137. The summed E-state index contributed by atoms with van der Waals surface area (Å²) in [7, 11) is 0. The molecular formula is C32H23F3S. The molecule has 1 heterocycles. The van der Waals surface area contributed by atoms with E-state index >= 15 is 0 Å². The molecule has 0 atom stereocenters. The second-order valence-corrected chi connectivity index (χ2v) is 10.5. The number of hydrogen-bond acceptors (Lipinski definition) is 1. The highest BCUT2D eigenvalue weighted by atomic mass is 32.1. The van der Waals surface area contributed by atoms with E-state index in [0.29, 0.717) is 5.56 Å². The van der Waals surface area contributed by atoms with Crippen molar-refractivity contribution in [3.8, 4) is 22.3 Å². The fourth-order valence-corrected chi connectivity index (χ4v) is 6.36. The van der Waals surface area contributed by atoms with E-state index in [9.17, 15) is 13.2 Å². The second-order valence-electron chi connectivity index (χ2n) is 9.47. The van der Waals surface area contributed by atoms with Gasteiger partial charge < -0.3 is 0 Å². The van der Waals surface area contributed by atoms with Crippen LogP contribution in [-0.2, 0) is 6.18 Å². The smallest absolute Gasteiger partial charge is 0.166 e. The molecule has 0 unspecified atom stereocenters. The first-order chi connectivity index (χ1) is 17.2. The molecule has 0 aliphatic carbocycles. The SMILES string of the molecule is Cc1ccc(C(F)(F)F)cc1-c1ccc2cc(-c3cc(C)c4sc5ccccc5c4c3)ccc2c1C. The van der Waals surface area contributed by atoms with Gasteiger partial charge in [-0.25, -0.2) is 0 Å². The van der Waals surface area contributed by atoms with Crippen LogP contribution in [0.3, 0.4) is 0 Å². The molecule has 0 amide bonds. The summed E-state index contributed by atoms with van der Waals surface area (Å²) in [6.07, 6.45) is -4.37. The summed E-state index contributed by atoms with van der Waals surface area (Å²) in [6, 6.07) is 27.4. The molecule has 1 aromatic heterocycles. The van der Waals surface area contributed by atoms with Crippen LogP contribution in [0.25, 0.3) is 53.2 Å². The van der Waals surface area contributed by atoms with E-state index < -0.39 is 11.7 Å². The summed E-state index contributed by atoms with van der Waals surface area (Å²) < 4.78 is 42.7. The van der Waals surface area contributed by atoms with E-state index in [1.807, 2.05) is 37.3 Å². The van der Waals surface area contributed by atoms with E-state index in [1.165, 1.54) is 37.4 Å². The van der Waals surface area contributed by atoms with Crippen LogP contribution in [0, 0.1) is 20.8 Å². The molecular weight excluding hydrogens is 473 g/mol. The van der Waals surface area contributed by atoms with Crippen molar-refractivity contribution in [2.75, 3.05) is 0 Å². The first kappa shape index (κ1) is 22.8. The number of fused-ring (bicyclic) bond motifs is 4. The highest BCUT2D eigenvalue weighted by Crippen LogP contribution is 2.40. The predicted molar refractivity (Wildman–Crippen MR) is 147 cm³/mol. The van der Waals surface area contributed by atoms with Gasteiger partial charge in [-0.1, -0.05) is 48.5 Å². The Labute approximate surface area is 211 Å². The zero-order valence-corrected chi connectivity index (χ0v) is 20.9. The van der Waals surface area contributed by atoms with Crippen LogP contribution >= 0.6 is 11.3 Å². The van der Waals surface area contributed by atoms with E-state index in [0.717, 1.165) is 39.1 Å². The van der Waals surface area contributed by atoms with E-state index in [2.05, 4.69) is 61.5 Å². The van der Waals surface area contributed by atoms with Gasteiger partial charge in [-0.05, 0) is 107 Å². The average molecular weight is 497 g/mol. The van der Waals surface area contributed by atoms with Crippen molar-refractivity contribution in [3.63, 3.8) is 0 Å². The standard InChI is InChI=1S/C32H23F3S/c1-18-8-11-24(32(33,34)35)17-28(18)26-13-10-22-15-21(9-12-25(22)20(26)3)23-14-19(2)31-29(16-23)27-6-4-5-7-30(27)36-31/h4-17H,1-3H3. The van der Waals surface area contributed by atoms with Gasteiger partial charge in [-0.2, -0.15) is 13.2 Å². The molecule has 6 aromatic rings. The molecule has 0 bridgehead atoms. The van der Waals surface area contributed by atoms with Crippen LogP contribution < -0.4 is 0 Å². The number of hydrogen-bond donors (Lipinski definition) is 0. The first-order valence-electron chi connectivity index (χ1n) is 11.8. The Morgan fingerprint density at radius 3 is 2.22 bits per heavy atom. The zero-order chi connectivity index (χ0) is 25.2. The molecule has 178 valence electrons. The minimum atomic E-state index is -4.37. The Morgan fingerprint density at radius 2 is 1.42 bits per heavy atom. The van der Waals surface area contributed by atoms with Crippen molar-refractivity contribution >= 4 is 42.3 Å². The van der Waals surface area contributed by atoms with Crippen LogP contribution in [-0.4, -0.2) is 0 Å². The summed E-state index contributed by atoms with van der Waals surface area (Å²) in [5, 5.41) is 4.68. The van der Waals surface area contributed by atoms with Gasteiger partial charge in [0, 0.05) is 20.2 Å². The van der Waals surface area contributed by atoms with Crippen molar-refractivity contribution in [1.29, 1.82) is 0 Å². The maximum atomic E-state index is 13.4. The number of aryl methyl sites for hydroxylation is 3. The second kappa shape index (κ2) is 8.21. The molecule has 0 aliphatic rings. The fraction of sp³-hybridized carbons (Fsp3) is 0.125. The van der Waals surface area contributed by atoms with Crippen LogP contribution in [0.15, 0.2) is 84.9 Å². The Morgan fingerprint density at radius 1 is 0.611 bits per heavy atom. The maximum Gasteiger partial charge on any atom is 0.416 e. The molecule has 6 rings (SSSR count). The lowest BCUT2D eigenvalue weighted by Crippen LogP contribution is -2.05. The van der Waals surface area contributed by atoms with Gasteiger partial charge in [0.1, 0.15) is 0 Å². The molecule has 0 radical (unpaired) electrons. The third kappa shape index (κ3) is 3.68. The van der Waals surface area contributed by atoms with Gasteiger partial charge >= 0.3 is 6.18 Å². The van der Waals surface area contributed by atoms with Crippen LogP contribution in [0.2, 0.25) is 0 Å². The Bertz CT molecular complexity index is 1800. The van der Waals surface area contributed by atoms with Crippen LogP contribution in [0.4, 0.5) is 13.2 Å². The topological polar surface area (TPSA) is 0 Å². The average Bonchev–Trinajstić information content (AvgIpc) is 3.23. The molecule has 36 heavy (non-hydrogen) atoms. The zero-order valence-electron chi connectivity index (χ0n) is 20.1. The first-order valence-corrected chi connectivity index (χ1v) is 12.7. The largest absolute Gasteiger partial charge is 0.416 e. The van der Waals surface area contributed by atoms with Crippen LogP contribution in [0.5, 0.6) is 0 Å². The van der Waals surface area contributed by atoms with Gasteiger partial charge in [0.15, 0.2) is 0 Å². The molecule has 0 N–H and O–H groups in total. The molecule has 0 nitrogen and oxygen atoms in total. The molecule has 0 aliphatic heterocycles. The van der Waals surface area contributed by atoms with Crippen LogP contribution in [0.1, 0.15) is 22.3 Å². The van der Waals surface area contributed by atoms with Gasteiger partial charge in [0.25, 0.3) is 0 Å². The summed E-state index contributed by atoms with van der Waals surface area (Å²) in [5.74, 6) is 0. The Hall–Kier alpha value is -3.63. The van der Waals surface area contributed by atoms with Gasteiger partial charge in [0.05, 0.1) is 5.56 Å². The van der Waals surface area contributed by atoms with Gasteiger partial charge in [0.2, 0.25) is 0 Å². The number of halogens is 3. The highest BCUT2D eigenvalue weighted by molar-refractivity contribution is 7.26. The molecule has 4 heteroatoms.